The summed E-state index contributed by atoms with van der Waals surface area (Å²) in [7, 11) is 1.58. The molecule has 6 rings (SSSR count). The molecule has 16 nitrogen and oxygen atoms in total. The summed E-state index contributed by atoms with van der Waals surface area (Å²) in [5.74, 6) is -1.66. The fraction of sp³-hybridized carbons (Fsp3) is 0.118. The van der Waals surface area contributed by atoms with Gasteiger partial charge in [0.2, 0.25) is 6.41 Å². The molecule has 0 aliphatic rings. The summed E-state index contributed by atoms with van der Waals surface area (Å²) >= 11 is 0. The van der Waals surface area contributed by atoms with E-state index in [0.717, 1.165) is 11.6 Å². The number of nitrogens with two attached hydrogens (primary N) is 1. The van der Waals surface area contributed by atoms with Crippen molar-refractivity contribution in [1.82, 2.24) is 39.5 Å². The van der Waals surface area contributed by atoms with Crippen LogP contribution in [-0.2, 0) is 17.6 Å². The summed E-state index contributed by atoms with van der Waals surface area (Å²) in [6.07, 6.45) is 12.4. The molecule has 6 aromatic rings. The van der Waals surface area contributed by atoms with Crippen molar-refractivity contribution in [3.63, 3.8) is 0 Å². The van der Waals surface area contributed by atoms with Crippen LogP contribution < -0.4 is 11.1 Å². The number of aryl methyl sites for hydroxylation is 2. The predicted molar refractivity (Wildman–Crippen MR) is 181 cm³/mol. The fourth-order valence-electron chi connectivity index (χ4n) is 4.75. The number of anilines is 1. The van der Waals surface area contributed by atoms with Gasteiger partial charge in [0.05, 0.1) is 16.8 Å². The second-order valence-corrected chi connectivity index (χ2v) is 10.4. The summed E-state index contributed by atoms with van der Waals surface area (Å²) in [4.78, 5) is 49.8. The molecule has 0 aliphatic heterocycles. The highest BCUT2D eigenvalue weighted by atomic mass is 19.1. The Labute approximate surface area is 289 Å². The number of nitrogens with zero attached hydrogens (tertiary/aromatic N) is 8. The molecule has 0 aliphatic carbocycles. The molecule has 0 bridgehead atoms. The monoisotopic (exact) mass is 694 g/mol. The van der Waals surface area contributed by atoms with Gasteiger partial charge in [0.25, 0.3) is 0 Å². The number of imidazole rings is 2. The van der Waals surface area contributed by atoms with E-state index in [0.29, 0.717) is 65.4 Å². The van der Waals surface area contributed by atoms with Gasteiger partial charge in [0, 0.05) is 43.1 Å². The zero-order chi connectivity index (χ0) is 36.8. The average molecular weight is 695 g/mol. The largest absolute Gasteiger partial charge is 0.478 e. The van der Waals surface area contributed by atoms with Gasteiger partial charge in [-0.25, -0.2) is 23.9 Å². The van der Waals surface area contributed by atoms with E-state index in [1.165, 1.54) is 12.1 Å². The summed E-state index contributed by atoms with van der Waals surface area (Å²) < 4.78 is 17.8. The van der Waals surface area contributed by atoms with Gasteiger partial charge >= 0.3 is 11.9 Å². The highest BCUT2D eigenvalue weighted by Gasteiger charge is 2.16. The third-order valence-corrected chi connectivity index (χ3v) is 7.17. The minimum absolute atomic E-state index is 0.104. The number of carbonyl (C=O) groups is 4. The Balaban J connectivity index is 0.000000301. The van der Waals surface area contributed by atoms with Crippen LogP contribution in [-0.4, -0.2) is 81.4 Å². The Bertz CT molecular complexity index is 2070. The lowest BCUT2D eigenvalue weighted by Gasteiger charge is -2.11. The van der Waals surface area contributed by atoms with E-state index < -0.39 is 17.8 Å². The molecular formula is C34H31FN10O6. The van der Waals surface area contributed by atoms with Gasteiger partial charge in [-0.05, 0) is 78.9 Å². The van der Waals surface area contributed by atoms with E-state index in [4.69, 9.17) is 4.79 Å². The molecule has 51 heavy (non-hydrogen) atoms. The van der Waals surface area contributed by atoms with Crippen LogP contribution in [0.5, 0.6) is 0 Å². The van der Waals surface area contributed by atoms with Crippen molar-refractivity contribution in [3.8, 4) is 22.9 Å². The van der Waals surface area contributed by atoms with Crippen molar-refractivity contribution in [2.45, 2.75) is 19.3 Å². The van der Waals surface area contributed by atoms with Crippen LogP contribution in [0.15, 0.2) is 92.0 Å². The third-order valence-electron chi connectivity index (χ3n) is 7.17. The van der Waals surface area contributed by atoms with Crippen molar-refractivity contribution in [1.29, 1.82) is 0 Å². The molecule has 260 valence electrons. The molecule has 0 saturated carbocycles. The quantitative estimate of drug-likeness (QED) is 0.142. The average Bonchev–Trinajstić information content (AvgIpc) is 3.89. The lowest BCUT2D eigenvalue weighted by atomic mass is 9.97. The molecule has 1 amide bonds. The van der Waals surface area contributed by atoms with Crippen LogP contribution in [0.2, 0.25) is 0 Å². The van der Waals surface area contributed by atoms with Gasteiger partial charge in [-0.2, -0.15) is 0 Å². The van der Waals surface area contributed by atoms with Gasteiger partial charge < -0.3 is 21.3 Å². The van der Waals surface area contributed by atoms with Crippen LogP contribution in [0.3, 0.4) is 0 Å². The highest BCUT2D eigenvalue weighted by molar-refractivity contribution is 5.96. The second-order valence-electron chi connectivity index (χ2n) is 10.4. The summed E-state index contributed by atoms with van der Waals surface area (Å²) in [6.45, 7) is 0. The van der Waals surface area contributed by atoms with E-state index in [-0.39, 0.29) is 17.5 Å². The Kier molecular flexibility index (Phi) is 12.8. The molecule has 4 aromatic heterocycles. The van der Waals surface area contributed by atoms with E-state index in [1.54, 1.807) is 90.0 Å². The van der Waals surface area contributed by atoms with Gasteiger partial charge in [-0.15, -0.1) is 20.4 Å². The van der Waals surface area contributed by atoms with Crippen LogP contribution in [0.25, 0.3) is 22.9 Å². The zero-order valence-corrected chi connectivity index (χ0v) is 27.0. The fourth-order valence-corrected chi connectivity index (χ4v) is 4.75. The van der Waals surface area contributed by atoms with E-state index >= 15 is 0 Å². The van der Waals surface area contributed by atoms with Gasteiger partial charge in [-0.1, -0.05) is 6.07 Å². The number of aromatic carboxylic acids is 2. The number of carboxylic acid groups (broad SMARTS) is 2. The topological polar surface area (TPSA) is 234 Å². The van der Waals surface area contributed by atoms with E-state index in [1.807, 2.05) is 0 Å². The summed E-state index contributed by atoms with van der Waals surface area (Å²) in [6, 6.07) is 14.3. The maximum Gasteiger partial charge on any atom is 0.337 e. The number of amides is 1. The van der Waals surface area contributed by atoms with Crippen molar-refractivity contribution < 1.29 is 33.8 Å². The molecule has 2 aromatic carbocycles. The Morgan fingerprint density at radius 3 is 1.94 bits per heavy atom. The molecule has 5 N–H and O–H groups in total. The Hall–Kier alpha value is -7.17. The summed E-state index contributed by atoms with van der Waals surface area (Å²) in [5, 5.41) is 37.5. The maximum atomic E-state index is 14.4. The molecule has 4 heterocycles. The van der Waals surface area contributed by atoms with Crippen molar-refractivity contribution >= 4 is 30.3 Å². The van der Waals surface area contributed by atoms with Crippen LogP contribution in [0.4, 0.5) is 10.1 Å². The number of carbonyl (C=O) groups excluding carboxylic acids is 2. The van der Waals surface area contributed by atoms with E-state index in [2.05, 4.69) is 41.4 Å². The summed E-state index contributed by atoms with van der Waals surface area (Å²) in [5.41, 5.74) is 6.94. The first-order chi connectivity index (χ1) is 24.7. The zero-order valence-electron chi connectivity index (χ0n) is 27.0. The molecule has 0 radical (unpaired) electrons. The Morgan fingerprint density at radius 2 is 1.45 bits per heavy atom. The number of carboxylic acids is 2. The first kappa shape index (κ1) is 36.7. The number of hydrogen-bond acceptors (Lipinski definition) is 11. The maximum absolute atomic E-state index is 14.4. The van der Waals surface area contributed by atoms with Gasteiger partial charge in [-0.3, -0.25) is 18.7 Å². The van der Waals surface area contributed by atoms with E-state index in [9.17, 15) is 29.0 Å². The third kappa shape index (κ3) is 9.69. The molecular weight excluding hydrogens is 663 g/mol. The number of aromatic nitrogens is 8. The SMILES string of the molecule is CNc1cc(CCCc2ccc(C(=O)O)c(-c3ccc(-n4ccnc4)nn3)c2)c(F)cc1C(=O)O.NC=O.O=Cc1ccc(-n2ccnc2)nn1. The number of benzene rings is 2. The first-order valence-corrected chi connectivity index (χ1v) is 15.0. The number of hydrogen-bond donors (Lipinski definition) is 4. The second kappa shape index (κ2) is 17.8. The first-order valence-electron chi connectivity index (χ1n) is 15.0. The molecule has 0 fully saturated rings. The lowest BCUT2D eigenvalue weighted by molar-refractivity contribution is -0.106. The highest BCUT2D eigenvalue weighted by Crippen LogP contribution is 2.26. The number of halogens is 1. The predicted octanol–water partition coefficient (Wildman–Crippen LogP) is 3.66. The normalized spacial score (nSPS) is 10.2. The molecule has 17 heteroatoms. The van der Waals surface area contributed by atoms with Crippen LogP contribution in [0, 0.1) is 5.82 Å². The number of aldehydes is 1. The van der Waals surface area contributed by atoms with Gasteiger partial charge in [0.15, 0.2) is 17.9 Å². The van der Waals surface area contributed by atoms with Crippen molar-refractivity contribution in [2.24, 2.45) is 5.73 Å². The molecule has 0 saturated heterocycles. The van der Waals surface area contributed by atoms with Gasteiger partial charge in [0.1, 0.15) is 24.2 Å². The molecule has 0 unspecified atom stereocenters. The minimum atomic E-state index is -1.20. The van der Waals surface area contributed by atoms with Crippen molar-refractivity contribution in [2.75, 3.05) is 12.4 Å². The number of rotatable bonds is 11. The Morgan fingerprint density at radius 1 is 0.824 bits per heavy atom. The molecule has 0 atom stereocenters. The van der Waals surface area contributed by atoms with Crippen LogP contribution in [0.1, 0.15) is 48.8 Å². The standard InChI is InChI=1S/C25H22FN5O4.C8H6N4O.CH3NO/c1-27-22-12-16(20(26)13-19(22)25(34)35)4-2-3-15-5-6-17(24(32)33)18(11-15)21-7-8-23(30-29-21)31-10-9-28-14-31;13-5-7-1-2-8(11-10-7)12-4-3-9-6-12;2-1-3/h5-14,27H,2-4H2,1H3,(H,32,33)(H,34,35);1-6H;1H,(H2,2,3). The number of nitrogens with one attached hydrogen (secondary N) is 1. The molecule has 0 spiro atoms. The van der Waals surface area contributed by atoms with Crippen LogP contribution >= 0.6 is 0 Å². The lowest BCUT2D eigenvalue weighted by Crippen LogP contribution is -2.06. The van der Waals surface area contributed by atoms with Crippen molar-refractivity contribution in [3.05, 3.63) is 126 Å². The smallest absolute Gasteiger partial charge is 0.337 e. The number of primary amides is 1. The minimum Gasteiger partial charge on any atom is -0.478 e.